The summed E-state index contributed by atoms with van der Waals surface area (Å²) in [4.78, 5) is 22.8. The highest BCUT2D eigenvalue weighted by Gasteiger charge is 2.12. The number of rotatable bonds is 3. The molecule has 92 valence electrons. The van der Waals surface area contributed by atoms with E-state index in [0.29, 0.717) is 5.56 Å². The van der Waals surface area contributed by atoms with Gasteiger partial charge in [0.25, 0.3) is 5.91 Å². The summed E-state index contributed by atoms with van der Waals surface area (Å²) >= 11 is 0. The summed E-state index contributed by atoms with van der Waals surface area (Å²) in [5, 5.41) is 2.35. The molecule has 0 fully saturated rings. The Hall–Kier alpha value is -2.43. The Labute approximate surface area is 102 Å². The van der Waals surface area contributed by atoms with Crippen LogP contribution >= 0.6 is 0 Å². The molecule has 0 atom stereocenters. The molecule has 5 heteroatoms. The first-order chi connectivity index (χ1) is 8.58. The van der Waals surface area contributed by atoms with E-state index in [4.69, 9.17) is 4.42 Å². The molecule has 0 bridgehead atoms. The molecule has 0 aliphatic carbocycles. The number of furan rings is 1. The van der Waals surface area contributed by atoms with Crippen LogP contribution < -0.4 is 5.32 Å². The Kier molecular flexibility index (Phi) is 3.23. The van der Waals surface area contributed by atoms with E-state index in [2.05, 4.69) is 5.32 Å². The van der Waals surface area contributed by atoms with Crippen LogP contribution in [0.1, 0.15) is 27.8 Å². The molecule has 1 amide bonds. The van der Waals surface area contributed by atoms with Gasteiger partial charge in [-0.15, -0.1) is 0 Å². The summed E-state index contributed by atoms with van der Waals surface area (Å²) in [5.41, 5.74) is 0.273. The van der Waals surface area contributed by atoms with Gasteiger partial charge in [0, 0.05) is 5.56 Å². The Balaban J connectivity index is 2.26. The maximum atomic E-state index is 13.5. The maximum Gasteiger partial charge on any atom is 0.291 e. The van der Waals surface area contributed by atoms with Crippen molar-refractivity contribution in [2.45, 2.75) is 6.92 Å². The molecule has 0 aliphatic heterocycles. The molecule has 1 aromatic carbocycles. The van der Waals surface area contributed by atoms with Crippen molar-refractivity contribution in [1.29, 1.82) is 0 Å². The fourth-order valence-corrected chi connectivity index (χ4v) is 1.43. The van der Waals surface area contributed by atoms with E-state index in [1.54, 1.807) is 6.07 Å². The van der Waals surface area contributed by atoms with Crippen LogP contribution in [0.2, 0.25) is 0 Å². The predicted octanol–water partition coefficient (Wildman–Crippen LogP) is 2.87. The van der Waals surface area contributed by atoms with Crippen molar-refractivity contribution >= 4 is 17.4 Å². The van der Waals surface area contributed by atoms with Crippen molar-refractivity contribution in [3.63, 3.8) is 0 Å². The van der Waals surface area contributed by atoms with Crippen LogP contribution in [0.15, 0.2) is 41.0 Å². The number of benzene rings is 1. The number of anilines is 1. The lowest BCUT2D eigenvalue weighted by Gasteiger charge is -2.06. The second kappa shape index (κ2) is 4.83. The third-order valence-electron chi connectivity index (χ3n) is 2.37. The summed E-state index contributed by atoms with van der Waals surface area (Å²) in [5.74, 6) is -1.31. The fourth-order valence-electron chi connectivity index (χ4n) is 1.43. The second-order valence-electron chi connectivity index (χ2n) is 3.68. The summed E-state index contributed by atoms with van der Waals surface area (Å²) in [6, 6.07) is 6.80. The molecular weight excluding hydrogens is 237 g/mol. The summed E-state index contributed by atoms with van der Waals surface area (Å²) in [6.45, 7) is 1.37. The Bertz CT molecular complexity index is 590. The quantitative estimate of drug-likeness (QED) is 0.848. The number of amides is 1. The molecule has 18 heavy (non-hydrogen) atoms. The van der Waals surface area contributed by atoms with Crippen molar-refractivity contribution in [2.24, 2.45) is 0 Å². The highest BCUT2D eigenvalue weighted by molar-refractivity contribution is 6.03. The zero-order valence-electron chi connectivity index (χ0n) is 9.57. The molecule has 2 rings (SSSR count). The van der Waals surface area contributed by atoms with Gasteiger partial charge >= 0.3 is 0 Å². The number of nitrogens with one attached hydrogen (secondary N) is 1. The molecule has 0 saturated heterocycles. The van der Waals surface area contributed by atoms with Gasteiger partial charge < -0.3 is 9.73 Å². The predicted molar refractivity (Wildman–Crippen MR) is 63.1 cm³/mol. The van der Waals surface area contributed by atoms with Gasteiger partial charge in [-0.05, 0) is 37.3 Å². The lowest BCUT2D eigenvalue weighted by Crippen LogP contribution is -2.12. The molecule has 2 aromatic rings. The van der Waals surface area contributed by atoms with E-state index in [-0.39, 0.29) is 17.2 Å². The van der Waals surface area contributed by atoms with Gasteiger partial charge in [0.2, 0.25) is 0 Å². The monoisotopic (exact) mass is 247 g/mol. The smallest absolute Gasteiger partial charge is 0.291 e. The number of carbonyl (C=O) groups excluding carboxylic acids is 2. The fraction of sp³-hybridized carbons (Fsp3) is 0.0769. The summed E-state index contributed by atoms with van der Waals surface area (Å²) < 4.78 is 18.4. The molecular formula is C13H10FNO3. The van der Waals surface area contributed by atoms with E-state index < -0.39 is 11.7 Å². The lowest BCUT2D eigenvalue weighted by molar-refractivity contribution is 0.0991. The van der Waals surface area contributed by atoms with Crippen molar-refractivity contribution in [2.75, 3.05) is 5.32 Å². The lowest BCUT2D eigenvalue weighted by atomic mass is 10.1. The number of carbonyl (C=O) groups is 2. The van der Waals surface area contributed by atoms with Crippen LogP contribution in [0.25, 0.3) is 0 Å². The molecule has 1 heterocycles. The minimum Gasteiger partial charge on any atom is -0.459 e. The Morgan fingerprint density at radius 1 is 1.28 bits per heavy atom. The highest BCUT2D eigenvalue weighted by Crippen LogP contribution is 2.17. The molecule has 0 radical (unpaired) electrons. The van der Waals surface area contributed by atoms with Crippen LogP contribution in [0, 0.1) is 5.82 Å². The van der Waals surface area contributed by atoms with Crippen molar-refractivity contribution in [3.05, 3.63) is 53.7 Å². The Morgan fingerprint density at radius 2 is 2.06 bits per heavy atom. The number of hydrogen-bond donors (Lipinski definition) is 1. The standard InChI is InChI=1S/C13H10FNO3/c1-8(16)9-4-5-10(14)11(7-9)15-13(17)12-3-2-6-18-12/h2-7H,1H3,(H,15,17). The molecule has 0 saturated carbocycles. The third-order valence-corrected chi connectivity index (χ3v) is 2.37. The van der Waals surface area contributed by atoms with Gasteiger partial charge in [0.1, 0.15) is 5.82 Å². The van der Waals surface area contributed by atoms with Gasteiger partial charge in [-0.2, -0.15) is 0 Å². The first-order valence-electron chi connectivity index (χ1n) is 5.23. The van der Waals surface area contributed by atoms with Gasteiger partial charge in [-0.3, -0.25) is 9.59 Å². The van der Waals surface area contributed by atoms with E-state index in [0.717, 1.165) is 6.07 Å². The van der Waals surface area contributed by atoms with Crippen molar-refractivity contribution in [1.82, 2.24) is 0 Å². The Morgan fingerprint density at radius 3 is 2.67 bits per heavy atom. The largest absolute Gasteiger partial charge is 0.459 e. The number of halogens is 1. The topological polar surface area (TPSA) is 59.3 Å². The van der Waals surface area contributed by atoms with Crippen LogP contribution in [-0.4, -0.2) is 11.7 Å². The second-order valence-corrected chi connectivity index (χ2v) is 3.68. The molecule has 0 spiro atoms. The molecule has 1 aromatic heterocycles. The van der Waals surface area contributed by atoms with Gasteiger partial charge in [0.05, 0.1) is 12.0 Å². The van der Waals surface area contributed by atoms with Crippen LogP contribution in [0.3, 0.4) is 0 Å². The SMILES string of the molecule is CC(=O)c1ccc(F)c(NC(=O)c2ccco2)c1. The van der Waals surface area contributed by atoms with Crippen LogP contribution in [-0.2, 0) is 0 Å². The van der Waals surface area contributed by atoms with Crippen molar-refractivity contribution < 1.29 is 18.4 Å². The average Bonchev–Trinajstić information content (AvgIpc) is 2.85. The summed E-state index contributed by atoms with van der Waals surface area (Å²) in [6.07, 6.45) is 1.34. The number of hydrogen-bond acceptors (Lipinski definition) is 3. The molecule has 1 N–H and O–H groups in total. The first-order valence-corrected chi connectivity index (χ1v) is 5.23. The minimum atomic E-state index is -0.611. The number of ketones is 1. The average molecular weight is 247 g/mol. The minimum absolute atomic E-state index is 0.0518. The maximum absolute atomic E-state index is 13.5. The first kappa shape index (κ1) is 12.0. The number of Topliss-reactive ketones (excluding diaryl/α,β-unsaturated/α-hetero) is 1. The van der Waals surface area contributed by atoms with E-state index in [1.165, 1.54) is 31.4 Å². The normalized spacial score (nSPS) is 10.1. The van der Waals surface area contributed by atoms with Gasteiger partial charge in [-0.1, -0.05) is 0 Å². The van der Waals surface area contributed by atoms with Gasteiger partial charge in [0.15, 0.2) is 11.5 Å². The van der Waals surface area contributed by atoms with Crippen LogP contribution in [0.5, 0.6) is 0 Å². The van der Waals surface area contributed by atoms with E-state index in [9.17, 15) is 14.0 Å². The molecule has 4 nitrogen and oxygen atoms in total. The zero-order valence-corrected chi connectivity index (χ0v) is 9.57. The third kappa shape index (κ3) is 2.45. The van der Waals surface area contributed by atoms with Crippen LogP contribution in [0.4, 0.5) is 10.1 Å². The van der Waals surface area contributed by atoms with Crippen molar-refractivity contribution in [3.8, 4) is 0 Å². The zero-order chi connectivity index (χ0) is 13.1. The summed E-state index contributed by atoms with van der Waals surface area (Å²) in [7, 11) is 0. The van der Waals surface area contributed by atoms with Gasteiger partial charge in [-0.25, -0.2) is 4.39 Å². The molecule has 0 aliphatic rings. The van der Waals surface area contributed by atoms with E-state index >= 15 is 0 Å². The van der Waals surface area contributed by atoms with E-state index in [1.807, 2.05) is 0 Å². The highest BCUT2D eigenvalue weighted by atomic mass is 19.1. The molecule has 0 unspecified atom stereocenters.